The lowest BCUT2D eigenvalue weighted by Crippen LogP contribution is -2.29. The molecule has 1 saturated heterocycles. The zero-order valence-corrected chi connectivity index (χ0v) is 11.9. The van der Waals surface area contributed by atoms with Crippen LogP contribution < -0.4 is 10.6 Å². The van der Waals surface area contributed by atoms with Gasteiger partial charge < -0.3 is 10.6 Å². The standard InChI is InChI=1S/C14H26N4/c1-11(2)13-12(15)14(17(3)16-13)18-9-7-5-4-6-8-10-18/h11H,4-10,15H2,1-3H3. The Kier molecular flexibility index (Phi) is 4.15. The first kappa shape index (κ1) is 13.2. The van der Waals surface area contributed by atoms with Gasteiger partial charge in [-0.25, -0.2) is 0 Å². The lowest BCUT2D eigenvalue weighted by atomic mass is 10.1. The van der Waals surface area contributed by atoms with Crippen molar-refractivity contribution in [3.05, 3.63) is 5.69 Å². The molecule has 4 nitrogen and oxygen atoms in total. The maximum Gasteiger partial charge on any atom is 0.150 e. The van der Waals surface area contributed by atoms with Crippen LogP contribution in [0.1, 0.15) is 57.6 Å². The quantitative estimate of drug-likeness (QED) is 0.878. The molecule has 0 atom stereocenters. The molecule has 0 radical (unpaired) electrons. The monoisotopic (exact) mass is 250 g/mol. The zero-order valence-electron chi connectivity index (χ0n) is 11.9. The molecule has 0 amide bonds. The van der Waals surface area contributed by atoms with Crippen LogP contribution >= 0.6 is 0 Å². The van der Waals surface area contributed by atoms with Crippen molar-refractivity contribution in [1.82, 2.24) is 9.78 Å². The Morgan fingerprint density at radius 2 is 1.61 bits per heavy atom. The molecule has 0 unspecified atom stereocenters. The van der Waals surface area contributed by atoms with Gasteiger partial charge in [-0.1, -0.05) is 33.1 Å². The fraction of sp³-hybridized carbons (Fsp3) is 0.786. The Morgan fingerprint density at radius 3 is 2.11 bits per heavy atom. The van der Waals surface area contributed by atoms with Crippen LogP contribution in [0.4, 0.5) is 11.5 Å². The third kappa shape index (κ3) is 2.62. The van der Waals surface area contributed by atoms with E-state index < -0.39 is 0 Å². The lowest BCUT2D eigenvalue weighted by molar-refractivity contribution is 0.546. The van der Waals surface area contributed by atoms with Crippen molar-refractivity contribution in [3.63, 3.8) is 0 Å². The van der Waals surface area contributed by atoms with E-state index in [-0.39, 0.29) is 0 Å². The highest BCUT2D eigenvalue weighted by atomic mass is 15.4. The molecule has 102 valence electrons. The summed E-state index contributed by atoms with van der Waals surface area (Å²) in [5.74, 6) is 1.51. The van der Waals surface area contributed by atoms with Crippen LogP contribution in [-0.2, 0) is 7.05 Å². The van der Waals surface area contributed by atoms with Crippen LogP contribution in [0.3, 0.4) is 0 Å². The van der Waals surface area contributed by atoms with E-state index in [1.807, 2.05) is 11.7 Å². The van der Waals surface area contributed by atoms with Gasteiger partial charge in [0.2, 0.25) is 0 Å². The van der Waals surface area contributed by atoms with Crippen LogP contribution in [0, 0.1) is 0 Å². The summed E-state index contributed by atoms with van der Waals surface area (Å²) >= 11 is 0. The number of aryl methyl sites for hydroxylation is 1. The number of aromatic nitrogens is 2. The van der Waals surface area contributed by atoms with Crippen molar-refractivity contribution in [3.8, 4) is 0 Å². The number of rotatable bonds is 2. The van der Waals surface area contributed by atoms with Gasteiger partial charge in [0.1, 0.15) is 5.82 Å². The molecule has 1 aromatic rings. The molecule has 0 aliphatic carbocycles. The maximum atomic E-state index is 6.30. The highest BCUT2D eigenvalue weighted by Gasteiger charge is 2.21. The van der Waals surface area contributed by atoms with Crippen LogP contribution in [0.5, 0.6) is 0 Å². The van der Waals surface area contributed by atoms with Crippen molar-refractivity contribution in [2.24, 2.45) is 7.05 Å². The van der Waals surface area contributed by atoms with Crippen LogP contribution in [0.2, 0.25) is 0 Å². The lowest BCUT2D eigenvalue weighted by Gasteiger charge is -2.27. The van der Waals surface area contributed by atoms with E-state index in [2.05, 4.69) is 23.8 Å². The molecule has 1 aromatic heterocycles. The Morgan fingerprint density at radius 1 is 1.06 bits per heavy atom. The molecular formula is C14H26N4. The molecule has 2 heterocycles. The van der Waals surface area contributed by atoms with Gasteiger partial charge in [0.15, 0.2) is 0 Å². The van der Waals surface area contributed by atoms with Crippen molar-refractivity contribution < 1.29 is 0 Å². The molecule has 1 aliphatic rings. The average Bonchev–Trinajstić information content (AvgIpc) is 2.55. The van der Waals surface area contributed by atoms with Crippen LogP contribution in [0.15, 0.2) is 0 Å². The fourth-order valence-electron chi connectivity index (χ4n) is 2.81. The molecule has 1 aliphatic heterocycles. The zero-order chi connectivity index (χ0) is 13.1. The third-order valence-electron chi connectivity index (χ3n) is 3.78. The number of anilines is 2. The normalized spacial score (nSPS) is 17.9. The first-order valence-corrected chi connectivity index (χ1v) is 7.18. The van der Waals surface area contributed by atoms with E-state index in [9.17, 15) is 0 Å². The number of hydrogen-bond donors (Lipinski definition) is 1. The Labute approximate surface area is 110 Å². The fourth-order valence-corrected chi connectivity index (χ4v) is 2.81. The molecule has 18 heavy (non-hydrogen) atoms. The Bertz CT molecular complexity index is 387. The van der Waals surface area contributed by atoms with Gasteiger partial charge >= 0.3 is 0 Å². The maximum absolute atomic E-state index is 6.30. The second kappa shape index (κ2) is 5.63. The molecular weight excluding hydrogens is 224 g/mol. The number of hydrogen-bond acceptors (Lipinski definition) is 3. The van der Waals surface area contributed by atoms with Gasteiger partial charge in [0.05, 0.1) is 11.4 Å². The van der Waals surface area contributed by atoms with Gasteiger partial charge in [-0.15, -0.1) is 0 Å². The highest BCUT2D eigenvalue weighted by Crippen LogP contribution is 2.31. The number of nitrogen functional groups attached to an aromatic ring is 1. The van der Waals surface area contributed by atoms with Crippen LogP contribution in [-0.4, -0.2) is 22.9 Å². The SMILES string of the molecule is CC(C)c1nn(C)c(N2CCCCCCC2)c1N. The largest absolute Gasteiger partial charge is 0.394 e. The molecule has 0 bridgehead atoms. The molecule has 0 spiro atoms. The molecule has 0 saturated carbocycles. The Balaban J connectivity index is 2.25. The highest BCUT2D eigenvalue weighted by molar-refractivity contribution is 5.67. The van der Waals surface area contributed by atoms with Crippen molar-refractivity contribution in [2.45, 2.75) is 51.9 Å². The minimum atomic E-state index is 0.389. The van der Waals surface area contributed by atoms with Crippen LogP contribution in [0.25, 0.3) is 0 Å². The predicted octanol–water partition coefficient (Wildman–Crippen LogP) is 2.90. The summed E-state index contributed by atoms with van der Waals surface area (Å²) < 4.78 is 1.96. The van der Waals surface area contributed by atoms with Gasteiger partial charge in [-0.3, -0.25) is 4.68 Å². The Hall–Kier alpha value is -1.19. The smallest absolute Gasteiger partial charge is 0.150 e. The average molecular weight is 250 g/mol. The van der Waals surface area contributed by atoms with E-state index in [4.69, 9.17) is 5.73 Å². The first-order chi connectivity index (χ1) is 8.61. The predicted molar refractivity (Wildman–Crippen MR) is 77.0 cm³/mol. The molecule has 2 N–H and O–H groups in total. The van der Waals surface area contributed by atoms with Gasteiger partial charge in [-0.2, -0.15) is 5.10 Å². The molecule has 1 fully saturated rings. The summed E-state index contributed by atoms with van der Waals surface area (Å²) in [6.07, 6.45) is 6.59. The summed E-state index contributed by atoms with van der Waals surface area (Å²) in [5, 5.41) is 4.59. The van der Waals surface area contributed by atoms with Gasteiger partial charge in [0.25, 0.3) is 0 Å². The summed E-state index contributed by atoms with van der Waals surface area (Å²) in [7, 11) is 2.01. The minimum Gasteiger partial charge on any atom is -0.394 e. The topological polar surface area (TPSA) is 47.1 Å². The van der Waals surface area contributed by atoms with E-state index >= 15 is 0 Å². The summed E-state index contributed by atoms with van der Waals surface area (Å²) in [5.41, 5.74) is 8.22. The number of nitrogens with two attached hydrogens (primary N) is 1. The molecule has 4 heteroatoms. The van der Waals surface area contributed by atoms with E-state index in [0.717, 1.165) is 30.3 Å². The minimum absolute atomic E-state index is 0.389. The molecule has 0 aromatic carbocycles. The summed E-state index contributed by atoms with van der Waals surface area (Å²) in [6, 6.07) is 0. The summed E-state index contributed by atoms with van der Waals surface area (Å²) in [4.78, 5) is 2.42. The van der Waals surface area contributed by atoms with Crippen molar-refractivity contribution in [2.75, 3.05) is 23.7 Å². The van der Waals surface area contributed by atoms with Crippen molar-refractivity contribution >= 4 is 11.5 Å². The van der Waals surface area contributed by atoms with Gasteiger partial charge in [-0.05, 0) is 18.8 Å². The van der Waals surface area contributed by atoms with E-state index in [0.29, 0.717) is 5.92 Å². The van der Waals surface area contributed by atoms with E-state index in [1.165, 1.54) is 32.1 Å². The molecule has 2 rings (SSSR count). The van der Waals surface area contributed by atoms with Gasteiger partial charge in [0, 0.05) is 20.1 Å². The summed E-state index contributed by atoms with van der Waals surface area (Å²) in [6.45, 7) is 6.52. The second-order valence-electron chi connectivity index (χ2n) is 5.66. The first-order valence-electron chi connectivity index (χ1n) is 7.18. The second-order valence-corrected chi connectivity index (χ2v) is 5.66. The third-order valence-corrected chi connectivity index (χ3v) is 3.78. The van der Waals surface area contributed by atoms with Crippen molar-refractivity contribution in [1.29, 1.82) is 0 Å². The van der Waals surface area contributed by atoms with E-state index in [1.54, 1.807) is 0 Å². The number of nitrogens with zero attached hydrogens (tertiary/aromatic N) is 3.